The lowest BCUT2D eigenvalue weighted by Gasteiger charge is -2.31. The van der Waals surface area contributed by atoms with Gasteiger partial charge in [-0.05, 0) is 43.5 Å². The van der Waals surface area contributed by atoms with Crippen LogP contribution in [-0.4, -0.2) is 35.6 Å². The molecule has 1 saturated heterocycles. The highest BCUT2D eigenvalue weighted by Crippen LogP contribution is 2.26. The summed E-state index contributed by atoms with van der Waals surface area (Å²) < 4.78 is 28.8. The van der Waals surface area contributed by atoms with Crippen LogP contribution in [0.4, 0.5) is 0 Å². The van der Waals surface area contributed by atoms with Crippen molar-refractivity contribution in [2.45, 2.75) is 30.7 Å². The van der Waals surface area contributed by atoms with Crippen LogP contribution < -0.4 is 0 Å². The molecule has 0 bridgehead atoms. The summed E-state index contributed by atoms with van der Waals surface area (Å²) in [5.74, 6) is 0. The third-order valence-corrected chi connectivity index (χ3v) is 5.84. The Bertz CT molecular complexity index is 702. The topological polar surface area (TPSA) is 55.2 Å². The van der Waals surface area contributed by atoms with Crippen molar-refractivity contribution in [3.8, 4) is 0 Å². The number of nitrogens with zero attached hydrogens (tertiary/aromatic N) is 3. The zero-order valence-electron chi connectivity index (χ0n) is 12.0. The second-order valence-corrected chi connectivity index (χ2v) is 7.38. The quantitative estimate of drug-likeness (QED) is 0.873. The van der Waals surface area contributed by atoms with E-state index in [1.807, 2.05) is 29.9 Å². The van der Waals surface area contributed by atoms with Crippen LogP contribution in [0.1, 0.15) is 24.4 Å². The predicted octanol–water partition coefficient (Wildman–Crippen LogP) is 2.22. The van der Waals surface area contributed by atoms with E-state index in [0.29, 0.717) is 24.0 Å². The molecule has 2 aromatic rings. The van der Waals surface area contributed by atoms with Crippen LogP contribution >= 0.6 is 0 Å². The van der Waals surface area contributed by atoms with Gasteiger partial charge in [-0.1, -0.05) is 12.1 Å². The second-order valence-electron chi connectivity index (χ2n) is 5.44. The van der Waals surface area contributed by atoms with Crippen molar-refractivity contribution in [3.63, 3.8) is 0 Å². The molecular formula is C15H19N3O2S. The van der Waals surface area contributed by atoms with Gasteiger partial charge in [0.1, 0.15) is 0 Å². The van der Waals surface area contributed by atoms with Crippen molar-refractivity contribution in [3.05, 3.63) is 48.3 Å². The van der Waals surface area contributed by atoms with E-state index in [-0.39, 0.29) is 0 Å². The second kappa shape index (κ2) is 5.61. The van der Waals surface area contributed by atoms with Gasteiger partial charge < -0.3 is 0 Å². The Morgan fingerprint density at radius 1 is 1.19 bits per heavy atom. The Kier molecular flexibility index (Phi) is 3.82. The van der Waals surface area contributed by atoms with Gasteiger partial charge in [-0.25, -0.2) is 8.42 Å². The summed E-state index contributed by atoms with van der Waals surface area (Å²) >= 11 is 0. The molecule has 0 spiro atoms. The third-order valence-electron chi connectivity index (χ3n) is 3.95. The molecule has 0 saturated carbocycles. The van der Waals surface area contributed by atoms with Gasteiger partial charge in [0.15, 0.2) is 0 Å². The van der Waals surface area contributed by atoms with Crippen LogP contribution in [-0.2, 0) is 10.0 Å². The van der Waals surface area contributed by atoms with Crippen LogP contribution in [0.25, 0.3) is 0 Å². The number of piperidine rings is 1. The number of hydrogen-bond acceptors (Lipinski definition) is 3. The fraction of sp³-hybridized carbons (Fsp3) is 0.400. The summed E-state index contributed by atoms with van der Waals surface area (Å²) in [6, 6.07) is 9.29. The highest BCUT2D eigenvalue weighted by atomic mass is 32.2. The molecular weight excluding hydrogens is 286 g/mol. The van der Waals surface area contributed by atoms with Gasteiger partial charge >= 0.3 is 0 Å². The first-order valence-corrected chi connectivity index (χ1v) is 8.57. The van der Waals surface area contributed by atoms with E-state index in [2.05, 4.69) is 5.10 Å². The van der Waals surface area contributed by atoms with Crippen molar-refractivity contribution in [1.29, 1.82) is 0 Å². The minimum atomic E-state index is -3.37. The van der Waals surface area contributed by atoms with E-state index in [9.17, 15) is 8.42 Å². The van der Waals surface area contributed by atoms with E-state index in [1.165, 1.54) is 0 Å². The van der Waals surface area contributed by atoms with Crippen LogP contribution in [0.5, 0.6) is 0 Å². The zero-order valence-corrected chi connectivity index (χ0v) is 12.8. The number of benzene rings is 1. The van der Waals surface area contributed by atoms with Crippen LogP contribution in [0, 0.1) is 6.92 Å². The molecule has 0 atom stereocenters. The molecule has 0 aliphatic carbocycles. The van der Waals surface area contributed by atoms with E-state index >= 15 is 0 Å². The van der Waals surface area contributed by atoms with Crippen molar-refractivity contribution < 1.29 is 8.42 Å². The number of sulfonamides is 1. The first kappa shape index (κ1) is 14.3. The minimum absolute atomic E-state index is 0.295. The lowest BCUT2D eigenvalue weighted by Crippen LogP contribution is -2.39. The number of aromatic nitrogens is 2. The maximum Gasteiger partial charge on any atom is 0.243 e. The van der Waals surface area contributed by atoms with Gasteiger partial charge in [0, 0.05) is 25.5 Å². The van der Waals surface area contributed by atoms with E-state index < -0.39 is 10.0 Å². The normalized spacial score (nSPS) is 18.0. The van der Waals surface area contributed by atoms with E-state index in [0.717, 1.165) is 18.4 Å². The molecule has 1 aromatic carbocycles. The third kappa shape index (κ3) is 2.87. The lowest BCUT2D eigenvalue weighted by molar-refractivity contribution is 0.261. The summed E-state index contributed by atoms with van der Waals surface area (Å²) in [4.78, 5) is 0.389. The van der Waals surface area contributed by atoms with Crippen LogP contribution in [0.2, 0.25) is 0 Å². The fourth-order valence-corrected chi connectivity index (χ4v) is 4.34. The average Bonchev–Trinajstić information content (AvgIpc) is 3.02. The molecule has 1 aliphatic heterocycles. The smallest absolute Gasteiger partial charge is 0.243 e. The Morgan fingerprint density at radius 3 is 2.57 bits per heavy atom. The molecule has 2 heterocycles. The summed E-state index contributed by atoms with van der Waals surface area (Å²) in [5, 5.41) is 4.25. The van der Waals surface area contributed by atoms with Gasteiger partial charge in [0.2, 0.25) is 10.0 Å². The maximum absolute atomic E-state index is 12.6. The van der Waals surface area contributed by atoms with Gasteiger partial charge in [-0.15, -0.1) is 0 Å². The van der Waals surface area contributed by atoms with Crippen molar-refractivity contribution in [2.75, 3.05) is 13.1 Å². The molecule has 112 valence electrons. The predicted molar refractivity (Wildman–Crippen MR) is 80.4 cm³/mol. The van der Waals surface area contributed by atoms with Gasteiger partial charge in [0.05, 0.1) is 10.9 Å². The van der Waals surface area contributed by atoms with Gasteiger partial charge in [-0.2, -0.15) is 9.40 Å². The summed E-state index contributed by atoms with van der Waals surface area (Å²) in [7, 11) is -3.37. The summed E-state index contributed by atoms with van der Waals surface area (Å²) in [6.07, 6.45) is 5.30. The van der Waals surface area contributed by atoms with Crippen molar-refractivity contribution in [1.82, 2.24) is 14.1 Å². The SMILES string of the molecule is Cc1cccc(S(=O)(=O)N2CCC(n3cccn3)CC2)c1. The number of hydrogen-bond donors (Lipinski definition) is 0. The number of rotatable bonds is 3. The van der Waals surface area contributed by atoms with Gasteiger partial charge in [-0.3, -0.25) is 4.68 Å². The van der Waals surface area contributed by atoms with Crippen LogP contribution in [0.3, 0.4) is 0 Å². The highest BCUT2D eigenvalue weighted by Gasteiger charge is 2.30. The zero-order chi connectivity index (χ0) is 14.9. The summed E-state index contributed by atoms with van der Waals surface area (Å²) in [5.41, 5.74) is 0.961. The standard InChI is InChI=1S/C15H19N3O2S/c1-13-4-2-5-15(12-13)21(19,20)17-10-6-14(7-11-17)18-9-3-8-16-18/h2-5,8-9,12,14H,6-7,10-11H2,1H3. The fourth-order valence-electron chi connectivity index (χ4n) is 2.77. The Hall–Kier alpha value is -1.66. The summed E-state index contributed by atoms with van der Waals surface area (Å²) in [6.45, 7) is 2.99. The first-order chi connectivity index (χ1) is 10.1. The molecule has 1 fully saturated rings. The average molecular weight is 305 g/mol. The first-order valence-electron chi connectivity index (χ1n) is 7.13. The molecule has 1 aliphatic rings. The Balaban J connectivity index is 1.74. The van der Waals surface area contributed by atoms with E-state index in [4.69, 9.17) is 0 Å². The Morgan fingerprint density at radius 2 is 1.95 bits per heavy atom. The van der Waals surface area contributed by atoms with Crippen molar-refractivity contribution in [2.24, 2.45) is 0 Å². The molecule has 0 radical (unpaired) electrons. The molecule has 6 heteroatoms. The molecule has 0 unspecified atom stereocenters. The minimum Gasteiger partial charge on any atom is -0.270 e. The molecule has 21 heavy (non-hydrogen) atoms. The van der Waals surface area contributed by atoms with Gasteiger partial charge in [0.25, 0.3) is 0 Å². The monoisotopic (exact) mass is 305 g/mol. The maximum atomic E-state index is 12.6. The number of aryl methyl sites for hydroxylation is 1. The van der Waals surface area contributed by atoms with E-state index in [1.54, 1.807) is 28.7 Å². The largest absolute Gasteiger partial charge is 0.270 e. The van der Waals surface area contributed by atoms with Crippen LogP contribution in [0.15, 0.2) is 47.6 Å². The molecule has 1 aromatic heterocycles. The highest BCUT2D eigenvalue weighted by molar-refractivity contribution is 7.89. The molecule has 3 rings (SSSR count). The molecule has 5 nitrogen and oxygen atoms in total. The molecule has 0 N–H and O–H groups in total. The Labute approximate surface area is 125 Å². The lowest BCUT2D eigenvalue weighted by atomic mass is 10.1. The van der Waals surface area contributed by atoms with Crippen molar-refractivity contribution >= 4 is 10.0 Å². The molecule has 0 amide bonds.